The first-order valence-corrected chi connectivity index (χ1v) is 11.3. The fourth-order valence-corrected chi connectivity index (χ4v) is 4.88. The number of fused-ring (bicyclic) bond motifs is 3. The summed E-state index contributed by atoms with van der Waals surface area (Å²) in [6, 6.07) is 30.4. The van der Waals surface area contributed by atoms with Gasteiger partial charge in [0.2, 0.25) is 0 Å². The molecule has 2 aromatic heterocycles. The van der Waals surface area contributed by atoms with E-state index in [0.717, 1.165) is 11.4 Å². The number of hydrogen-bond donors (Lipinski definition) is 0. The Labute approximate surface area is 193 Å². The highest BCUT2D eigenvalue weighted by Crippen LogP contribution is 2.35. The molecule has 6 aromatic rings. The minimum Gasteiger partial charge on any atom is -0.309 e. The third-order valence-corrected chi connectivity index (χ3v) is 6.66. The molecule has 0 atom stereocenters. The zero-order valence-corrected chi connectivity index (χ0v) is 19.1. The number of benzene rings is 4. The van der Waals surface area contributed by atoms with Gasteiger partial charge in [0.25, 0.3) is 0 Å². The first kappa shape index (κ1) is 19.6. The monoisotopic (exact) mass is 427 g/mol. The summed E-state index contributed by atoms with van der Waals surface area (Å²) in [7, 11) is 0. The Balaban J connectivity index is 1.59. The Bertz CT molecular complexity index is 1630. The van der Waals surface area contributed by atoms with E-state index in [0.29, 0.717) is 0 Å². The van der Waals surface area contributed by atoms with E-state index in [1.165, 1.54) is 49.9 Å². The van der Waals surface area contributed by atoms with Crippen molar-refractivity contribution in [1.29, 1.82) is 0 Å². The average Bonchev–Trinajstić information content (AvgIpc) is 3.44. The van der Waals surface area contributed by atoms with Crippen LogP contribution in [0.15, 0.2) is 97.3 Å². The highest BCUT2D eigenvalue weighted by atomic mass is 15.1. The highest BCUT2D eigenvalue weighted by Gasteiger charge is 2.16. The molecule has 3 heteroatoms. The number of aryl methyl sites for hydroxylation is 3. The second-order valence-corrected chi connectivity index (χ2v) is 8.76. The lowest BCUT2D eigenvalue weighted by Gasteiger charge is -2.14. The summed E-state index contributed by atoms with van der Waals surface area (Å²) >= 11 is 0. The van der Waals surface area contributed by atoms with Crippen LogP contribution in [-0.2, 0) is 0 Å². The first-order chi connectivity index (χ1) is 16.1. The Kier molecular flexibility index (Phi) is 4.44. The first-order valence-electron chi connectivity index (χ1n) is 11.3. The predicted octanol–water partition coefficient (Wildman–Crippen LogP) is 7.56. The van der Waals surface area contributed by atoms with Crippen LogP contribution in [0.5, 0.6) is 0 Å². The second-order valence-electron chi connectivity index (χ2n) is 8.76. The van der Waals surface area contributed by atoms with Gasteiger partial charge < -0.3 is 4.57 Å². The minimum absolute atomic E-state index is 0.958. The molecule has 0 saturated heterocycles. The Morgan fingerprint density at radius 1 is 0.636 bits per heavy atom. The smallest absolute Gasteiger partial charge is 0.144 e. The number of imidazole rings is 1. The van der Waals surface area contributed by atoms with Gasteiger partial charge in [0.15, 0.2) is 0 Å². The Morgan fingerprint density at radius 3 is 2.21 bits per heavy atom. The van der Waals surface area contributed by atoms with Gasteiger partial charge in [0, 0.05) is 34.4 Å². The van der Waals surface area contributed by atoms with Gasteiger partial charge >= 0.3 is 0 Å². The van der Waals surface area contributed by atoms with Crippen LogP contribution in [0.25, 0.3) is 44.6 Å². The fraction of sp³-hybridized carbons (Fsp3) is 0.100. The summed E-state index contributed by atoms with van der Waals surface area (Å²) in [6.07, 6.45) is 3.95. The highest BCUT2D eigenvalue weighted by molar-refractivity contribution is 6.10. The van der Waals surface area contributed by atoms with E-state index in [2.05, 4.69) is 121 Å². The quantitative estimate of drug-likeness (QED) is 0.286. The summed E-state index contributed by atoms with van der Waals surface area (Å²) in [5, 5.41) is 2.48. The number of hydrogen-bond acceptors (Lipinski definition) is 1. The number of nitrogens with zero attached hydrogens (tertiary/aromatic N) is 3. The molecule has 33 heavy (non-hydrogen) atoms. The molecule has 0 bridgehead atoms. The van der Waals surface area contributed by atoms with E-state index in [1.54, 1.807) is 0 Å². The molecule has 0 saturated carbocycles. The van der Waals surface area contributed by atoms with Gasteiger partial charge in [-0.1, -0.05) is 42.5 Å². The lowest BCUT2D eigenvalue weighted by molar-refractivity contribution is 1.04. The third kappa shape index (κ3) is 3.08. The summed E-state index contributed by atoms with van der Waals surface area (Å²) in [4.78, 5) is 4.76. The van der Waals surface area contributed by atoms with Crippen molar-refractivity contribution in [3.63, 3.8) is 0 Å². The van der Waals surface area contributed by atoms with Crippen LogP contribution in [-0.4, -0.2) is 14.1 Å². The number of aromatic nitrogens is 3. The van der Waals surface area contributed by atoms with Crippen molar-refractivity contribution in [2.45, 2.75) is 20.8 Å². The standard InChI is InChI=1S/C30H25N3/c1-20-17-22(3)29(18-21(20)2)32-16-15-31-30(32)23-13-14-28-26(19-23)25-11-7-8-12-27(25)33(28)24-9-5-4-6-10-24/h4-19H,1-3H3. The van der Waals surface area contributed by atoms with Crippen molar-refractivity contribution in [3.05, 3.63) is 114 Å². The van der Waals surface area contributed by atoms with E-state index in [-0.39, 0.29) is 0 Å². The van der Waals surface area contributed by atoms with Gasteiger partial charge in [0.1, 0.15) is 5.82 Å². The van der Waals surface area contributed by atoms with Crippen LogP contribution >= 0.6 is 0 Å². The number of para-hydroxylation sites is 2. The van der Waals surface area contributed by atoms with E-state index in [1.807, 2.05) is 6.20 Å². The van der Waals surface area contributed by atoms with Gasteiger partial charge in [-0.2, -0.15) is 0 Å². The molecular weight excluding hydrogens is 402 g/mol. The molecule has 0 radical (unpaired) electrons. The lowest BCUT2D eigenvalue weighted by Crippen LogP contribution is -2.00. The maximum absolute atomic E-state index is 4.76. The van der Waals surface area contributed by atoms with E-state index in [9.17, 15) is 0 Å². The van der Waals surface area contributed by atoms with E-state index < -0.39 is 0 Å². The van der Waals surface area contributed by atoms with Gasteiger partial charge in [-0.15, -0.1) is 0 Å². The molecule has 0 spiro atoms. The van der Waals surface area contributed by atoms with Gasteiger partial charge in [0.05, 0.1) is 16.7 Å². The molecule has 3 nitrogen and oxygen atoms in total. The minimum atomic E-state index is 0.958. The lowest BCUT2D eigenvalue weighted by atomic mass is 10.0. The van der Waals surface area contributed by atoms with Crippen molar-refractivity contribution in [3.8, 4) is 22.8 Å². The maximum Gasteiger partial charge on any atom is 0.144 e. The molecular formula is C30H25N3. The normalized spacial score (nSPS) is 11.5. The van der Waals surface area contributed by atoms with Gasteiger partial charge in [-0.05, 0) is 79.9 Å². The maximum atomic E-state index is 4.76. The Morgan fingerprint density at radius 2 is 1.36 bits per heavy atom. The molecule has 0 amide bonds. The van der Waals surface area contributed by atoms with Crippen LogP contribution in [0, 0.1) is 20.8 Å². The average molecular weight is 428 g/mol. The SMILES string of the molecule is Cc1cc(C)c(-n2ccnc2-c2ccc3c(c2)c2ccccc2n3-c2ccccc2)cc1C. The summed E-state index contributed by atoms with van der Waals surface area (Å²) < 4.78 is 4.55. The zero-order valence-electron chi connectivity index (χ0n) is 19.1. The van der Waals surface area contributed by atoms with Crippen LogP contribution in [0.2, 0.25) is 0 Å². The predicted molar refractivity (Wildman–Crippen MR) is 138 cm³/mol. The van der Waals surface area contributed by atoms with E-state index >= 15 is 0 Å². The zero-order chi connectivity index (χ0) is 22.5. The summed E-state index contributed by atoms with van der Waals surface area (Å²) in [5.74, 6) is 0.958. The Hall–Kier alpha value is -4.11. The fourth-order valence-electron chi connectivity index (χ4n) is 4.88. The topological polar surface area (TPSA) is 22.8 Å². The summed E-state index contributed by atoms with van der Waals surface area (Å²) in [5.41, 5.74) is 9.72. The summed E-state index contributed by atoms with van der Waals surface area (Å²) in [6.45, 7) is 6.50. The molecule has 0 N–H and O–H groups in total. The largest absolute Gasteiger partial charge is 0.309 e. The van der Waals surface area contributed by atoms with Crippen LogP contribution in [0.1, 0.15) is 16.7 Å². The van der Waals surface area contributed by atoms with Crippen molar-refractivity contribution in [1.82, 2.24) is 14.1 Å². The second kappa shape index (κ2) is 7.49. The molecule has 0 fully saturated rings. The van der Waals surface area contributed by atoms with Crippen molar-refractivity contribution in [2.75, 3.05) is 0 Å². The van der Waals surface area contributed by atoms with Gasteiger partial charge in [-0.25, -0.2) is 4.98 Å². The molecule has 0 aliphatic rings. The van der Waals surface area contributed by atoms with Crippen molar-refractivity contribution in [2.24, 2.45) is 0 Å². The third-order valence-electron chi connectivity index (χ3n) is 6.66. The molecule has 0 unspecified atom stereocenters. The van der Waals surface area contributed by atoms with Crippen molar-refractivity contribution < 1.29 is 0 Å². The van der Waals surface area contributed by atoms with Gasteiger partial charge in [-0.3, -0.25) is 4.57 Å². The molecule has 160 valence electrons. The van der Waals surface area contributed by atoms with Crippen LogP contribution < -0.4 is 0 Å². The molecule has 6 rings (SSSR count). The molecule has 4 aromatic carbocycles. The van der Waals surface area contributed by atoms with Crippen molar-refractivity contribution >= 4 is 21.8 Å². The molecule has 0 aliphatic heterocycles. The number of rotatable bonds is 3. The molecule has 0 aliphatic carbocycles. The van der Waals surface area contributed by atoms with Crippen LogP contribution in [0.4, 0.5) is 0 Å². The van der Waals surface area contributed by atoms with Crippen LogP contribution in [0.3, 0.4) is 0 Å². The molecule has 2 heterocycles. The van der Waals surface area contributed by atoms with E-state index in [4.69, 9.17) is 4.98 Å².